The van der Waals surface area contributed by atoms with Crippen molar-refractivity contribution in [2.24, 2.45) is 4.99 Å². The molecule has 7 heteroatoms. The van der Waals surface area contributed by atoms with E-state index >= 15 is 0 Å². The van der Waals surface area contributed by atoms with Gasteiger partial charge >= 0.3 is 0 Å². The van der Waals surface area contributed by atoms with Gasteiger partial charge in [-0.05, 0) is 31.0 Å². The Morgan fingerprint density at radius 1 is 1.30 bits per heavy atom. The van der Waals surface area contributed by atoms with Crippen molar-refractivity contribution in [3.63, 3.8) is 0 Å². The smallest absolute Gasteiger partial charge is 0.191 e. The van der Waals surface area contributed by atoms with E-state index < -0.39 is 0 Å². The van der Waals surface area contributed by atoms with E-state index in [1.54, 1.807) is 17.4 Å². The van der Waals surface area contributed by atoms with Crippen molar-refractivity contribution in [1.29, 1.82) is 0 Å². The zero-order valence-corrected chi connectivity index (χ0v) is 16.5. The quantitative estimate of drug-likeness (QED) is 0.403. The SMILES string of the molecule is CCNC(=NCc1cccc(F)c1)NCc1ncc(CC)s1.I. The van der Waals surface area contributed by atoms with Crippen molar-refractivity contribution in [3.05, 3.63) is 51.7 Å². The number of guanidine groups is 1. The van der Waals surface area contributed by atoms with Gasteiger partial charge in [-0.1, -0.05) is 19.1 Å². The Bertz CT molecular complexity index is 630. The Labute approximate surface area is 157 Å². The third-order valence-electron chi connectivity index (χ3n) is 3.01. The zero-order chi connectivity index (χ0) is 15.8. The molecular formula is C16H22FIN4S. The van der Waals surface area contributed by atoms with Gasteiger partial charge in [0.05, 0.1) is 13.1 Å². The van der Waals surface area contributed by atoms with Crippen molar-refractivity contribution in [3.8, 4) is 0 Å². The van der Waals surface area contributed by atoms with Gasteiger partial charge in [-0.2, -0.15) is 0 Å². The van der Waals surface area contributed by atoms with Crippen LogP contribution < -0.4 is 10.6 Å². The first-order valence-electron chi connectivity index (χ1n) is 7.41. The van der Waals surface area contributed by atoms with Crippen molar-refractivity contribution < 1.29 is 4.39 Å². The first-order chi connectivity index (χ1) is 10.7. The monoisotopic (exact) mass is 448 g/mol. The van der Waals surface area contributed by atoms with Gasteiger partial charge in [0.1, 0.15) is 10.8 Å². The normalized spacial score (nSPS) is 11.0. The summed E-state index contributed by atoms with van der Waals surface area (Å²) in [4.78, 5) is 10.1. The number of hydrogen-bond acceptors (Lipinski definition) is 3. The second-order valence-corrected chi connectivity index (χ2v) is 5.95. The lowest BCUT2D eigenvalue weighted by Crippen LogP contribution is -2.36. The van der Waals surface area contributed by atoms with E-state index in [2.05, 4.69) is 27.5 Å². The highest BCUT2D eigenvalue weighted by atomic mass is 127. The Morgan fingerprint density at radius 3 is 2.78 bits per heavy atom. The van der Waals surface area contributed by atoms with Crippen LogP contribution in [0.2, 0.25) is 0 Å². The van der Waals surface area contributed by atoms with Crippen LogP contribution in [0, 0.1) is 5.82 Å². The minimum atomic E-state index is -0.236. The summed E-state index contributed by atoms with van der Waals surface area (Å²) in [6, 6.07) is 6.50. The molecule has 2 N–H and O–H groups in total. The predicted molar refractivity (Wildman–Crippen MR) is 105 cm³/mol. The highest BCUT2D eigenvalue weighted by molar-refractivity contribution is 14.0. The minimum absolute atomic E-state index is 0. The molecule has 0 spiro atoms. The number of hydrogen-bond donors (Lipinski definition) is 2. The number of rotatable bonds is 6. The van der Waals surface area contributed by atoms with Crippen LogP contribution in [-0.2, 0) is 19.5 Å². The van der Waals surface area contributed by atoms with Crippen LogP contribution in [0.15, 0.2) is 35.5 Å². The zero-order valence-electron chi connectivity index (χ0n) is 13.3. The highest BCUT2D eigenvalue weighted by Crippen LogP contribution is 2.12. The first kappa shape index (κ1) is 19.8. The molecule has 1 aromatic heterocycles. The van der Waals surface area contributed by atoms with E-state index in [1.807, 2.05) is 19.2 Å². The highest BCUT2D eigenvalue weighted by Gasteiger charge is 2.03. The molecule has 0 unspecified atom stereocenters. The number of halogens is 2. The van der Waals surface area contributed by atoms with E-state index in [4.69, 9.17) is 0 Å². The number of aromatic nitrogens is 1. The van der Waals surface area contributed by atoms with E-state index in [9.17, 15) is 4.39 Å². The summed E-state index contributed by atoms with van der Waals surface area (Å²) in [5, 5.41) is 7.47. The van der Waals surface area contributed by atoms with Gasteiger partial charge in [-0.3, -0.25) is 0 Å². The third kappa shape index (κ3) is 6.82. The number of nitrogens with one attached hydrogen (secondary N) is 2. The standard InChI is InChI=1S/C16H21FN4S.HI/c1-3-14-10-19-15(22-14)11-21-16(18-4-2)20-9-12-6-5-7-13(17)8-12;/h5-8,10H,3-4,9,11H2,1-2H3,(H2,18,20,21);1H. The molecule has 0 aliphatic heterocycles. The van der Waals surface area contributed by atoms with E-state index in [0.29, 0.717) is 19.0 Å². The number of aryl methyl sites for hydroxylation is 1. The maximum Gasteiger partial charge on any atom is 0.191 e. The van der Waals surface area contributed by atoms with Crippen molar-refractivity contribution >= 4 is 41.3 Å². The lowest BCUT2D eigenvalue weighted by molar-refractivity contribution is 0.625. The Balaban J connectivity index is 0.00000264. The van der Waals surface area contributed by atoms with Gasteiger partial charge in [0, 0.05) is 17.6 Å². The third-order valence-corrected chi connectivity index (χ3v) is 4.15. The molecule has 0 saturated carbocycles. The van der Waals surface area contributed by atoms with Crippen LogP contribution in [-0.4, -0.2) is 17.5 Å². The van der Waals surface area contributed by atoms with Crippen LogP contribution in [0.4, 0.5) is 4.39 Å². The summed E-state index contributed by atoms with van der Waals surface area (Å²) in [6.07, 6.45) is 2.92. The van der Waals surface area contributed by atoms with Crippen LogP contribution in [0.3, 0.4) is 0 Å². The Kier molecular flexibility index (Phi) is 9.08. The summed E-state index contributed by atoms with van der Waals surface area (Å²) < 4.78 is 13.2. The van der Waals surface area contributed by atoms with Crippen LogP contribution in [0.25, 0.3) is 0 Å². The molecule has 2 rings (SSSR count). The van der Waals surface area contributed by atoms with Crippen LogP contribution in [0.1, 0.15) is 29.3 Å². The topological polar surface area (TPSA) is 49.3 Å². The average molecular weight is 448 g/mol. The lowest BCUT2D eigenvalue weighted by Gasteiger charge is -2.10. The number of thiazole rings is 1. The molecule has 0 saturated heterocycles. The summed E-state index contributed by atoms with van der Waals surface area (Å²) >= 11 is 1.70. The first-order valence-corrected chi connectivity index (χ1v) is 8.23. The van der Waals surface area contributed by atoms with E-state index in [-0.39, 0.29) is 29.8 Å². The second kappa shape index (κ2) is 10.5. The summed E-state index contributed by atoms with van der Waals surface area (Å²) in [5.74, 6) is 0.473. The molecule has 0 bridgehead atoms. The molecule has 0 radical (unpaired) electrons. The number of benzene rings is 1. The second-order valence-electron chi connectivity index (χ2n) is 4.75. The van der Waals surface area contributed by atoms with Crippen LogP contribution >= 0.6 is 35.3 Å². The van der Waals surface area contributed by atoms with Crippen LogP contribution in [0.5, 0.6) is 0 Å². The van der Waals surface area contributed by atoms with E-state index in [1.165, 1.54) is 17.0 Å². The molecule has 0 fully saturated rings. The number of aliphatic imine (C=N–C) groups is 1. The molecule has 23 heavy (non-hydrogen) atoms. The molecular weight excluding hydrogens is 426 g/mol. The Hall–Kier alpha value is -1.22. The summed E-state index contributed by atoms with van der Waals surface area (Å²) in [6.45, 7) is 5.98. The fourth-order valence-corrected chi connectivity index (χ4v) is 2.70. The van der Waals surface area contributed by atoms with Crippen molar-refractivity contribution in [2.75, 3.05) is 6.54 Å². The molecule has 4 nitrogen and oxygen atoms in total. The summed E-state index contributed by atoms with van der Waals surface area (Å²) in [7, 11) is 0. The van der Waals surface area contributed by atoms with Gasteiger partial charge in [-0.25, -0.2) is 14.4 Å². The summed E-state index contributed by atoms with van der Waals surface area (Å²) in [5.41, 5.74) is 0.847. The molecule has 1 heterocycles. The van der Waals surface area contributed by atoms with Crippen molar-refractivity contribution in [1.82, 2.24) is 15.6 Å². The van der Waals surface area contributed by atoms with Gasteiger partial charge in [0.25, 0.3) is 0 Å². The molecule has 2 aromatic rings. The molecule has 0 atom stereocenters. The van der Waals surface area contributed by atoms with E-state index in [0.717, 1.165) is 23.5 Å². The fraction of sp³-hybridized carbons (Fsp3) is 0.375. The van der Waals surface area contributed by atoms with Gasteiger partial charge in [-0.15, -0.1) is 35.3 Å². The Morgan fingerprint density at radius 2 is 2.13 bits per heavy atom. The van der Waals surface area contributed by atoms with Crippen molar-refractivity contribution in [2.45, 2.75) is 33.4 Å². The number of nitrogens with zero attached hydrogens (tertiary/aromatic N) is 2. The van der Waals surface area contributed by atoms with Gasteiger partial charge in [0.2, 0.25) is 0 Å². The maximum absolute atomic E-state index is 13.2. The molecule has 0 aliphatic carbocycles. The molecule has 0 aliphatic rings. The molecule has 0 amide bonds. The lowest BCUT2D eigenvalue weighted by atomic mass is 10.2. The maximum atomic E-state index is 13.2. The fourth-order valence-electron chi connectivity index (χ4n) is 1.90. The van der Waals surface area contributed by atoms with Gasteiger partial charge < -0.3 is 10.6 Å². The minimum Gasteiger partial charge on any atom is -0.357 e. The molecule has 1 aromatic carbocycles. The predicted octanol–water partition coefficient (Wildman–Crippen LogP) is 3.72. The largest absolute Gasteiger partial charge is 0.357 e. The molecule has 126 valence electrons. The average Bonchev–Trinajstić information content (AvgIpc) is 2.98. The van der Waals surface area contributed by atoms with Gasteiger partial charge in [0.15, 0.2) is 5.96 Å².